The van der Waals surface area contributed by atoms with Gasteiger partial charge in [0.2, 0.25) is 5.91 Å². The third-order valence-corrected chi connectivity index (χ3v) is 3.80. The number of carbonyl (C=O) groups excluding carboxylic acids is 1. The van der Waals surface area contributed by atoms with Crippen LogP contribution in [0.15, 0.2) is 11.2 Å². The Balaban J connectivity index is 2.63. The van der Waals surface area contributed by atoms with Gasteiger partial charge in [0.05, 0.1) is 5.25 Å². The fourth-order valence-corrected chi connectivity index (χ4v) is 2.49. The zero-order valence-electron chi connectivity index (χ0n) is 11.9. The smallest absolute Gasteiger partial charge is 0.233 e. The van der Waals surface area contributed by atoms with E-state index < -0.39 is 0 Å². The first-order valence-electron chi connectivity index (χ1n) is 6.54. The number of nitrogens with two attached hydrogens (primary N) is 1. The van der Waals surface area contributed by atoms with Crippen LogP contribution in [0.1, 0.15) is 39.3 Å². The molecular formula is C13H22N4OS. The summed E-state index contributed by atoms with van der Waals surface area (Å²) in [6.07, 6.45) is 1.88. The van der Waals surface area contributed by atoms with Crippen molar-refractivity contribution in [3.63, 3.8) is 0 Å². The third-order valence-electron chi connectivity index (χ3n) is 2.84. The number of nitrogen functional groups attached to an aromatic ring is 1. The molecule has 0 fully saturated rings. The van der Waals surface area contributed by atoms with E-state index in [2.05, 4.69) is 29.1 Å². The first-order valence-corrected chi connectivity index (χ1v) is 7.42. The standard InChI is InChI=1S/C13H22N4OS/c1-5-10(6-2)16-12(18)9(4)19-13-15-8(3)7-11(14)17-13/h7,9-10H,5-6H2,1-4H3,(H,16,18)(H2,14,15,17). The predicted octanol–water partition coefficient (Wildman–Crippen LogP) is 2.15. The summed E-state index contributed by atoms with van der Waals surface area (Å²) in [6, 6.07) is 1.94. The summed E-state index contributed by atoms with van der Waals surface area (Å²) >= 11 is 1.33. The van der Waals surface area contributed by atoms with Gasteiger partial charge < -0.3 is 11.1 Å². The molecule has 5 nitrogen and oxygen atoms in total. The first-order chi connectivity index (χ1) is 8.96. The van der Waals surface area contributed by atoms with Gasteiger partial charge in [-0.15, -0.1) is 0 Å². The molecule has 0 spiro atoms. The van der Waals surface area contributed by atoms with Crippen molar-refractivity contribution in [2.24, 2.45) is 0 Å². The topological polar surface area (TPSA) is 80.9 Å². The van der Waals surface area contributed by atoms with E-state index in [4.69, 9.17) is 5.73 Å². The van der Waals surface area contributed by atoms with Crippen LogP contribution in [0.2, 0.25) is 0 Å². The highest BCUT2D eigenvalue weighted by atomic mass is 32.2. The molecule has 1 amide bonds. The summed E-state index contributed by atoms with van der Waals surface area (Å²) in [7, 11) is 0. The lowest BCUT2D eigenvalue weighted by molar-refractivity contribution is -0.121. The van der Waals surface area contributed by atoms with E-state index >= 15 is 0 Å². The number of nitrogens with zero attached hydrogens (tertiary/aromatic N) is 2. The largest absolute Gasteiger partial charge is 0.384 e. The quantitative estimate of drug-likeness (QED) is 0.617. The maximum absolute atomic E-state index is 12.0. The lowest BCUT2D eigenvalue weighted by Crippen LogP contribution is -2.38. The van der Waals surface area contributed by atoms with Crippen molar-refractivity contribution in [1.29, 1.82) is 0 Å². The summed E-state index contributed by atoms with van der Waals surface area (Å²) in [4.78, 5) is 20.4. The lowest BCUT2D eigenvalue weighted by Gasteiger charge is -2.17. The molecule has 0 radical (unpaired) electrons. The Labute approximate surface area is 118 Å². The van der Waals surface area contributed by atoms with Gasteiger partial charge in [-0.05, 0) is 26.7 Å². The van der Waals surface area contributed by atoms with Crippen LogP contribution < -0.4 is 11.1 Å². The zero-order chi connectivity index (χ0) is 14.4. The van der Waals surface area contributed by atoms with Crippen molar-refractivity contribution in [1.82, 2.24) is 15.3 Å². The molecule has 19 heavy (non-hydrogen) atoms. The van der Waals surface area contributed by atoms with Crippen molar-refractivity contribution in [2.75, 3.05) is 5.73 Å². The molecule has 0 aliphatic rings. The van der Waals surface area contributed by atoms with Gasteiger partial charge in [-0.1, -0.05) is 25.6 Å². The van der Waals surface area contributed by atoms with E-state index in [-0.39, 0.29) is 17.2 Å². The molecule has 0 aliphatic carbocycles. The Hall–Kier alpha value is -1.30. The Morgan fingerprint density at radius 2 is 2.05 bits per heavy atom. The Morgan fingerprint density at radius 3 is 2.58 bits per heavy atom. The predicted molar refractivity (Wildman–Crippen MR) is 79.0 cm³/mol. The van der Waals surface area contributed by atoms with Crippen molar-refractivity contribution in [2.45, 2.75) is 57.0 Å². The van der Waals surface area contributed by atoms with Crippen LogP contribution in [0.5, 0.6) is 0 Å². The highest BCUT2D eigenvalue weighted by Crippen LogP contribution is 2.21. The number of nitrogens with one attached hydrogen (secondary N) is 1. The minimum absolute atomic E-state index is 0.0161. The molecule has 0 aromatic carbocycles. The molecule has 1 heterocycles. The van der Waals surface area contributed by atoms with Crippen LogP contribution in [0.25, 0.3) is 0 Å². The van der Waals surface area contributed by atoms with Crippen molar-refractivity contribution < 1.29 is 4.79 Å². The SMILES string of the molecule is CCC(CC)NC(=O)C(C)Sc1nc(C)cc(N)n1. The molecule has 0 saturated heterocycles. The molecule has 0 aliphatic heterocycles. The minimum atomic E-state index is -0.234. The molecule has 1 aromatic rings. The van der Waals surface area contributed by atoms with Crippen LogP contribution in [0.3, 0.4) is 0 Å². The average Bonchev–Trinajstić information content (AvgIpc) is 2.34. The zero-order valence-corrected chi connectivity index (χ0v) is 12.8. The van der Waals surface area contributed by atoms with Crippen LogP contribution in [-0.2, 0) is 4.79 Å². The molecule has 106 valence electrons. The fourth-order valence-electron chi connectivity index (χ4n) is 1.64. The van der Waals surface area contributed by atoms with Gasteiger partial charge in [0.15, 0.2) is 5.16 Å². The maximum atomic E-state index is 12.0. The number of aromatic nitrogens is 2. The lowest BCUT2D eigenvalue weighted by atomic mass is 10.2. The molecule has 6 heteroatoms. The molecule has 0 bridgehead atoms. The van der Waals surface area contributed by atoms with Gasteiger partial charge in [0.1, 0.15) is 5.82 Å². The van der Waals surface area contributed by atoms with Crippen LogP contribution in [-0.4, -0.2) is 27.2 Å². The number of rotatable bonds is 6. The van der Waals surface area contributed by atoms with E-state index in [1.165, 1.54) is 11.8 Å². The van der Waals surface area contributed by atoms with Crippen LogP contribution in [0.4, 0.5) is 5.82 Å². The third kappa shape index (κ3) is 5.06. The Morgan fingerprint density at radius 1 is 1.42 bits per heavy atom. The minimum Gasteiger partial charge on any atom is -0.384 e. The number of carbonyl (C=O) groups is 1. The monoisotopic (exact) mass is 282 g/mol. The highest BCUT2D eigenvalue weighted by molar-refractivity contribution is 8.00. The number of hydrogen-bond acceptors (Lipinski definition) is 5. The van der Waals surface area contributed by atoms with Gasteiger partial charge >= 0.3 is 0 Å². The number of aryl methyl sites for hydroxylation is 1. The van der Waals surface area contributed by atoms with Crippen LogP contribution in [0, 0.1) is 6.92 Å². The van der Waals surface area contributed by atoms with Gasteiger partial charge in [0, 0.05) is 17.8 Å². The number of amides is 1. The van der Waals surface area contributed by atoms with Gasteiger partial charge in [-0.2, -0.15) is 0 Å². The highest BCUT2D eigenvalue weighted by Gasteiger charge is 2.18. The average molecular weight is 282 g/mol. The number of anilines is 1. The Bertz CT molecular complexity index is 414. The summed E-state index contributed by atoms with van der Waals surface area (Å²) in [5, 5.41) is 3.33. The van der Waals surface area contributed by atoms with Crippen molar-refractivity contribution in [3.8, 4) is 0 Å². The second-order valence-corrected chi connectivity index (χ2v) is 5.81. The normalized spacial score (nSPS) is 12.5. The van der Waals surface area contributed by atoms with E-state index in [1.807, 2.05) is 13.8 Å². The molecule has 1 aromatic heterocycles. The first kappa shape index (κ1) is 15.8. The number of hydrogen-bond donors (Lipinski definition) is 2. The molecule has 1 unspecified atom stereocenters. The van der Waals surface area contributed by atoms with Crippen molar-refractivity contribution in [3.05, 3.63) is 11.8 Å². The number of thioether (sulfide) groups is 1. The van der Waals surface area contributed by atoms with E-state index in [9.17, 15) is 4.79 Å². The van der Waals surface area contributed by atoms with Crippen molar-refractivity contribution >= 4 is 23.5 Å². The van der Waals surface area contributed by atoms with Crippen LogP contribution >= 0.6 is 11.8 Å². The van der Waals surface area contributed by atoms with E-state index in [0.29, 0.717) is 11.0 Å². The summed E-state index contributed by atoms with van der Waals surface area (Å²) in [6.45, 7) is 7.84. The summed E-state index contributed by atoms with van der Waals surface area (Å²) < 4.78 is 0. The Kier molecular flexibility index (Phi) is 6.08. The van der Waals surface area contributed by atoms with Gasteiger partial charge in [-0.3, -0.25) is 4.79 Å². The fraction of sp³-hybridized carbons (Fsp3) is 0.615. The van der Waals surface area contributed by atoms with E-state index in [1.54, 1.807) is 6.07 Å². The molecule has 1 atom stereocenters. The molecule has 1 rings (SSSR count). The van der Waals surface area contributed by atoms with Gasteiger partial charge in [-0.25, -0.2) is 9.97 Å². The summed E-state index contributed by atoms with van der Waals surface area (Å²) in [5.41, 5.74) is 6.48. The van der Waals surface area contributed by atoms with E-state index in [0.717, 1.165) is 18.5 Å². The van der Waals surface area contributed by atoms with Gasteiger partial charge in [0.25, 0.3) is 0 Å². The second kappa shape index (κ2) is 7.33. The molecule has 0 saturated carbocycles. The maximum Gasteiger partial charge on any atom is 0.233 e. The summed E-state index contributed by atoms with van der Waals surface area (Å²) in [5.74, 6) is 0.449. The molecule has 3 N–H and O–H groups in total. The molecular weight excluding hydrogens is 260 g/mol. The second-order valence-electron chi connectivity index (χ2n) is 4.50.